The van der Waals surface area contributed by atoms with Crippen LogP contribution in [0, 0.1) is 12.8 Å². The molecule has 184 valence electrons. The van der Waals surface area contributed by atoms with E-state index < -0.39 is 24.2 Å². The van der Waals surface area contributed by atoms with Gasteiger partial charge in [0.25, 0.3) is 0 Å². The number of hydrogen-bond donors (Lipinski definition) is 6. The number of aliphatic hydroxyl groups is 4. The number of aryl methyl sites for hydroxylation is 1. The van der Waals surface area contributed by atoms with Crippen molar-refractivity contribution < 1.29 is 29.6 Å². The average Bonchev–Trinajstić information content (AvgIpc) is 3.34. The second-order valence-electron chi connectivity index (χ2n) is 8.37. The largest absolute Gasteiger partial charge is 0.478 e. The number of aliphatic hydroxyl groups excluding tert-OH is 4. The van der Waals surface area contributed by atoms with E-state index in [2.05, 4.69) is 25.6 Å². The molecular formula is C23H31N5O6. The van der Waals surface area contributed by atoms with E-state index in [9.17, 15) is 15.3 Å². The van der Waals surface area contributed by atoms with Gasteiger partial charge in [-0.15, -0.1) is 0 Å². The Labute approximate surface area is 196 Å². The van der Waals surface area contributed by atoms with Crippen molar-refractivity contribution in [2.75, 3.05) is 37.0 Å². The van der Waals surface area contributed by atoms with Crippen molar-refractivity contribution in [2.24, 2.45) is 5.92 Å². The lowest BCUT2D eigenvalue weighted by Crippen LogP contribution is -2.35. The maximum atomic E-state index is 10.5. The maximum absolute atomic E-state index is 10.5. The average molecular weight is 474 g/mol. The Morgan fingerprint density at radius 2 is 2.00 bits per heavy atom. The van der Waals surface area contributed by atoms with Crippen molar-refractivity contribution in [1.29, 1.82) is 0 Å². The minimum absolute atomic E-state index is 0.0423. The van der Waals surface area contributed by atoms with Crippen LogP contribution in [-0.2, 0) is 0 Å². The summed E-state index contributed by atoms with van der Waals surface area (Å²) in [6.45, 7) is 4.52. The van der Waals surface area contributed by atoms with Gasteiger partial charge in [0.05, 0.1) is 36.2 Å². The van der Waals surface area contributed by atoms with Gasteiger partial charge in [-0.3, -0.25) is 0 Å². The number of rotatable bonds is 10. The number of anilines is 2. The molecule has 1 aliphatic rings. The summed E-state index contributed by atoms with van der Waals surface area (Å²) in [5.41, 5.74) is 1.81. The van der Waals surface area contributed by atoms with Crippen LogP contribution in [-0.4, -0.2) is 80.0 Å². The number of hydrogen-bond acceptors (Lipinski definition) is 11. The van der Waals surface area contributed by atoms with Crippen LogP contribution in [0.5, 0.6) is 5.88 Å². The van der Waals surface area contributed by atoms with Gasteiger partial charge in [-0.2, -0.15) is 4.98 Å². The predicted molar refractivity (Wildman–Crippen MR) is 126 cm³/mol. The van der Waals surface area contributed by atoms with Gasteiger partial charge in [-0.25, -0.2) is 9.97 Å². The first-order valence-electron chi connectivity index (χ1n) is 11.4. The number of furan rings is 1. The summed E-state index contributed by atoms with van der Waals surface area (Å²) in [7, 11) is 0. The first-order valence-corrected chi connectivity index (χ1v) is 11.4. The van der Waals surface area contributed by atoms with Crippen molar-refractivity contribution in [3.8, 4) is 17.2 Å². The van der Waals surface area contributed by atoms with Gasteiger partial charge in [-0.05, 0) is 32.8 Å². The molecule has 4 atom stereocenters. The van der Waals surface area contributed by atoms with Crippen molar-refractivity contribution in [1.82, 2.24) is 15.0 Å². The molecule has 0 spiro atoms. The number of aromatic nitrogens is 3. The highest BCUT2D eigenvalue weighted by atomic mass is 16.5. The van der Waals surface area contributed by atoms with Crippen LogP contribution in [0.1, 0.15) is 25.5 Å². The standard InChI is InChI=1S/C23H31N5O6/c1-3-33-18-9-13-8-16(34-17(13)10-25-18)19-12(2)26-23(24-5-4-6-29)28-22(19)27-15-7-14(11-30)20(31)21(15)32/h8-10,14-15,20-21,29-32H,3-7,11H2,1-2H3,(H2,24,26,27,28)/t14-,15-,20-,21+/m1/s1. The summed E-state index contributed by atoms with van der Waals surface area (Å²) in [4.78, 5) is 13.4. The van der Waals surface area contributed by atoms with E-state index in [0.717, 1.165) is 5.39 Å². The smallest absolute Gasteiger partial charge is 0.224 e. The fraction of sp³-hybridized carbons (Fsp3) is 0.522. The van der Waals surface area contributed by atoms with Crippen LogP contribution in [0.4, 0.5) is 11.8 Å². The third-order valence-corrected chi connectivity index (χ3v) is 5.98. The van der Waals surface area contributed by atoms with E-state index in [1.165, 1.54) is 0 Å². The molecule has 34 heavy (non-hydrogen) atoms. The summed E-state index contributed by atoms with van der Waals surface area (Å²) in [5.74, 6) is 1.36. The Hall–Kier alpha value is -2.99. The fourth-order valence-corrected chi connectivity index (χ4v) is 4.23. The highest BCUT2D eigenvalue weighted by Crippen LogP contribution is 2.37. The third kappa shape index (κ3) is 4.92. The number of fused-ring (bicyclic) bond motifs is 1. The van der Waals surface area contributed by atoms with Gasteiger partial charge in [-0.1, -0.05) is 0 Å². The lowest BCUT2D eigenvalue weighted by molar-refractivity contribution is 0.00446. The second kappa shape index (κ2) is 10.5. The molecule has 1 fully saturated rings. The minimum atomic E-state index is -1.07. The van der Waals surface area contributed by atoms with E-state index in [4.69, 9.17) is 14.3 Å². The van der Waals surface area contributed by atoms with E-state index >= 15 is 0 Å². The van der Waals surface area contributed by atoms with E-state index in [1.54, 1.807) is 12.3 Å². The van der Waals surface area contributed by atoms with Crippen LogP contribution in [0.2, 0.25) is 0 Å². The molecule has 0 aliphatic heterocycles. The van der Waals surface area contributed by atoms with E-state index in [0.29, 0.717) is 66.2 Å². The Morgan fingerprint density at radius 1 is 1.18 bits per heavy atom. The van der Waals surface area contributed by atoms with Crippen molar-refractivity contribution in [2.45, 2.75) is 44.9 Å². The van der Waals surface area contributed by atoms with Crippen molar-refractivity contribution >= 4 is 22.7 Å². The molecule has 0 radical (unpaired) electrons. The van der Waals surface area contributed by atoms with Crippen molar-refractivity contribution in [3.63, 3.8) is 0 Å². The summed E-state index contributed by atoms with van der Waals surface area (Å²) < 4.78 is 11.5. The molecule has 3 aromatic rings. The molecule has 1 aliphatic carbocycles. The highest BCUT2D eigenvalue weighted by molar-refractivity contribution is 5.86. The molecule has 0 amide bonds. The van der Waals surface area contributed by atoms with Gasteiger partial charge >= 0.3 is 0 Å². The topological polar surface area (TPSA) is 166 Å². The second-order valence-corrected chi connectivity index (χ2v) is 8.37. The van der Waals surface area contributed by atoms with Crippen LogP contribution < -0.4 is 15.4 Å². The van der Waals surface area contributed by atoms with Gasteiger partial charge in [0, 0.05) is 37.1 Å². The fourth-order valence-electron chi connectivity index (χ4n) is 4.23. The van der Waals surface area contributed by atoms with Gasteiger partial charge in [0.15, 0.2) is 5.58 Å². The number of nitrogens with zero attached hydrogens (tertiary/aromatic N) is 3. The molecule has 3 aromatic heterocycles. The zero-order valence-corrected chi connectivity index (χ0v) is 19.2. The minimum Gasteiger partial charge on any atom is -0.478 e. The summed E-state index contributed by atoms with van der Waals surface area (Å²) in [6.07, 6.45) is 0.402. The summed E-state index contributed by atoms with van der Waals surface area (Å²) in [6, 6.07) is 3.12. The quantitative estimate of drug-likeness (QED) is 0.235. The van der Waals surface area contributed by atoms with Crippen LogP contribution in [0.25, 0.3) is 22.3 Å². The van der Waals surface area contributed by atoms with Gasteiger partial charge in [0.1, 0.15) is 17.7 Å². The monoisotopic (exact) mass is 473 g/mol. The van der Waals surface area contributed by atoms with E-state index in [-0.39, 0.29) is 13.2 Å². The zero-order chi connectivity index (χ0) is 24.2. The summed E-state index contributed by atoms with van der Waals surface area (Å²) >= 11 is 0. The Balaban J connectivity index is 1.73. The van der Waals surface area contributed by atoms with Crippen LogP contribution >= 0.6 is 0 Å². The van der Waals surface area contributed by atoms with E-state index in [1.807, 2.05) is 19.9 Å². The lowest BCUT2D eigenvalue weighted by atomic mass is 10.1. The Morgan fingerprint density at radius 3 is 2.71 bits per heavy atom. The van der Waals surface area contributed by atoms with Crippen molar-refractivity contribution in [3.05, 3.63) is 24.0 Å². The normalized spacial score (nSPS) is 22.3. The Kier molecular flexibility index (Phi) is 7.47. The number of pyridine rings is 1. The first-order chi connectivity index (χ1) is 16.4. The molecule has 0 bridgehead atoms. The number of ether oxygens (including phenoxy) is 1. The zero-order valence-electron chi connectivity index (χ0n) is 19.2. The first kappa shape index (κ1) is 24.1. The molecular weight excluding hydrogens is 442 g/mol. The summed E-state index contributed by atoms with van der Waals surface area (Å²) in [5, 5.41) is 46.5. The number of nitrogens with one attached hydrogen (secondary N) is 2. The molecule has 11 nitrogen and oxygen atoms in total. The van der Waals surface area contributed by atoms with Crippen LogP contribution in [0.15, 0.2) is 22.7 Å². The molecule has 1 saturated carbocycles. The molecule has 0 saturated heterocycles. The maximum Gasteiger partial charge on any atom is 0.224 e. The van der Waals surface area contributed by atoms with Crippen LogP contribution in [0.3, 0.4) is 0 Å². The molecule has 0 unspecified atom stereocenters. The molecule has 11 heteroatoms. The predicted octanol–water partition coefficient (Wildman–Crippen LogP) is 1.30. The highest BCUT2D eigenvalue weighted by Gasteiger charge is 2.41. The molecule has 6 N–H and O–H groups in total. The molecule has 3 heterocycles. The lowest BCUT2D eigenvalue weighted by Gasteiger charge is -2.21. The third-order valence-electron chi connectivity index (χ3n) is 5.98. The molecule has 0 aromatic carbocycles. The SMILES string of the molecule is CCOc1cc2cc(-c3c(C)nc(NCCCO)nc3N[C@@H]3C[C@H](CO)[C@@H](O)[C@H]3O)oc2cn1. The van der Waals surface area contributed by atoms with Gasteiger partial charge in [0.2, 0.25) is 11.8 Å². The Bertz CT molecular complexity index is 1120. The molecule has 4 rings (SSSR count). The van der Waals surface area contributed by atoms with Gasteiger partial charge < -0.3 is 40.2 Å².